The van der Waals surface area contributed by atoms with Gasteiger partial charge in [-0.1, -0.05) is 17.7 Å². The minimum atomic E-state index is -0.486. The highest BCUT2D eigenvalue weighted by atomic mass is 35.5. The first-order chi connectivity index (χ1) is 9.56. The summed E-state index contributed by atoms with van der Waals surface area (Å²) in [6.07, 6.45) is 6.24. The van der Waals surface area contributed by atoms with Gasteiger partial charge in [0.25, 0.3) is 0 Å². The van der Waals surface area contributed by atoms with Crippen LogP contribution in [0.4, 0.5) is 4.39 Å². The molecule has 104 valence electrons. The zero-order valence-electron chi connectivity index (χ0n) is 10.7. The Labute approximate surface area is 120 Å². The Morgan fingerprint density at radius 2 is 2.35 bits per heavy atom. The van der Waals surface area contributed by atoms with Gasteiger partial charge in [0, 0.05) is 18.5 Å². The van der Waals surface area contributed by atoms with Gasteiger partial charge >= 0.3 is 0 Å². The number of aromatic nitrogens is 2. The first-order valence-corrected chi connectivity index (χ1v) is 6.37. The van der Waals surface area contributed by atoms with Crippen molar-refractivity contribution < 1.29 is 9.18 Å². The summed E-state index contributed by atoms with van der Waals surface area (Å²) >= 11 is 5.66. The number of H-pyrrole nitrogens is 1. The van der Waals surface area contributed by atoms with E-state index in [1.165, 1.54) is 18.2 Å². The summed E-state index contributed by atoms with van der Waals surface area (Å²) in [5, 5.41) is 2.78. The molecule has 1 unspecified atom stereocenters. The molecular weight excluding hydrogens is 281 g/mol. The molecular formula is C14H13ClFN3O. The summed E-state index contributed by atoms with van der Waals surface area (Å²) in [6, 6.07) is 4.03. The van der Waals surface area contributed by atoms with Crippen LogP contribution >= 0.6 is 11.6 Å². The van der Waals surface area contributed by atoms with Crippen LogP contribution in [-0.4, -0.2) is 15.9 Å². The molecule has 0 saturated heterocycles. The van der Waals surface area contributed by atoms with E-state index < -0.39 is 5.82 Å². The Bertz CT molecular complexity index is 625. The van der Waals surface area contributed by atoms with E-state index in [1.54, 1.807) is 24.5 Å². The summed E-state index contributed by atoms with van der Waals surface area (Å²) in [7, 11) is 0. The van der Waals surface area contributed by atoms with Gasteiger partial charge in [0.1, 0.15) is 11.6 Å². The molecule has 4 nitrogen and oxygen atoms in total. The van der Waals surface area contributed by atoms with E-state index in [0.717, 1.165) is 0 Å². The lowest BCUT2D eigenvalue weighted by Gasteiger charge is -2.09. The van der Waals surface area contributed by atoms with Crippen LogP contribution in [0.1, 0.15) is 24.4 Å². The number of halogens is 2. The van der Waals surface area contributed by atoms with E-state index in [9.17, 15) is 9.18 Å². The topological polar surface area (TPSA) is 57.8 Å². The van der Waals surface area contributed by atoms with Crippen molar-refractivity contribution in [2.75, 3.05) is 0 Å². The molecule has 0 spiro atoms. The SMILES string of the molecule is CC(NC(=O)/C=C/c1ccc(F)c(Cl)c1)c1ncc[nH]1. The molecule has 1 atom stereocenters. The molecule has 1 aromatic heterocycles. The molecule has 1 heterocycles. The Kier molecular flexibility index (Phi) is 4.53. The van der Waals surface area contributed by atoms with Crippen LogP contribution in [0.2, 0.25) is 5.02 Å². The Hall–Kier alpha value is -2.14. The van der Waals surface area contributed by atoms with Gasteiger partial charge in [-0.3, -0.25) is 4.79 Å². The zero-order valence-corrected chi connectivity index (χ0v) is 11.5. The normalized spacial score (nSPS) is 12.6. The number of hydrogen-bond donors (Lipinski definition) is 2. The monoisotopic (exact) mass is 293 g/mol. The lowest BCUT2D eigenvalue weighted by molar-refractivity contribution is -0.117. The van der Waals surface area contributed by atoms with Gasteiger partial charge in [-0.05, 0) is 30.7 Å². The van der Waals surface area contributed by atoms with Crippen LogP contribution < -0.4 is 5.32 Å². The molecule has 1 aromatic carbocycles. The second kappa shape index (κ2) is 6.34. The minimum Gasteiger partial charge on any atom is -0.347 e. The van der Waals surface area contributed by atoms with E-state index >= 15 is 0 Å². The van der Waals surface area contributed by atoms with Gasteiger partial charge in [-0.2, -0.15) is 0 Å². The smallest absolute Gasteiger partial charge is 0.244 e. The van der Waals surface area contributed by atoms with Gasteiger partial charge in [0.05, 0.1) is 11.1 Å². The number of nitrogens with one attached hydrogen (secondary N) is 2. The number of nitrogens with zero attached hydrogens (tertiary/aromatic N) is 1. The van der Waals surface area contributed by atoms with Crippen molar-refractivity contribution in [3.63, 3.8) is 0 Å². The molecule has 2 aromatic rings. The predicted octanol–water partition coefficient (Wildman–Crippen LogP) is 3.09. The average molecular weight is 294 g/mol. The third-order valence-electron chi connectivity index (χ3n) is 2.66. The predicted molar refractivity (Wildman–Crippen MR) is 75.6 cm³/mol. The second-order valence-electron chi connectivity index (χ2n) is 4.21. The standard InChI is InChI=1S/C14H13ClFN3O/c1-9(14-17-6-7-18-14)19-13(20)5-3-10-2-4-12(16)11(15)8-10/h2-9H,1H3,(H,17,18)(H,19,20)/b5-3+. The average Bonchev–Trinajstić information content (AvgIpc) is 2.94. The molecule has 0 saturated carbocycles. The lowest BCUT2D eigenvalue weighted by atomic mass is 10.2. The first kappa shape index (κ1) is 14.3. The number of rotatable bonds is 4. The molecule has 2 N–H and O–H groups in total. The second-order valence-corrected chi connectivity index (χ2v) is 4.62. The molecule has 0 radical (unpaired) electrons. The molecule has 6 heteroatoms. The number of carbonyl (C=O) groups excluding carboxylic acids is 1. The van der Waals surface area contributed by atoms with Crippen molar-refractivity contribution in [3.8, 4) is 0 Å². The Morgan fingerprint density at radius 3 is 3.00 bits per heavy atom. The van der Waals surface area contributed by atoms with E-state index in [-0.39, 0.29) is 17.0 Å². The van der Waals surface area contributed by atoms with E-state index in [4.69, 9.17) is 11.6 Å². The van der Waals surface area contributed by atoms with Crippen LogP contribution in [0.5, 0.6) is 0 Å². The number of aromatic amines is 1. The number of benzene rings is 1. The Morgan fingerprint density at radius 1 is 1.55 bits per heavy atom. The van der Waals surface area contributed by atoms with Gasteiger partial charge in [-0.15, -0.1) is 0 Å². The fraction of sp³-hybridized carbons (Fsp3) is 0.143. The van der Waals surface area contributed by atoms with Crippen molar-refractivity contribution in [1.29, 1.82) is 0 Å². The van der Waals surface area contributed by atoms with Crippen LogP contribution in [0.3, 0.4) is 0 Å². The molecule has 0 bridgehead atoms. The lowest BCUT2D eigenvalue weighted by Crippen LogP contribution is -2.25. The molecule has 2 rings (SSSR count). The highest BCUT2D eigenvalue weighted by Gasteiger charge is 2.09. The maximum absolute atomic E-state index is 13.0. The van der Waals surface area contributed by atoms with Crippen LogP contribution in [0.25, 0.3) is 6.08 Å². The highest BCUT2D eigenvalue weighted by Crippen LogP contribution is 2.16. The van der Waals surface area contributed by atoms with Crippen molar-refractivity contribution in [3.05, 3.63) is 58.9 Å². The van der Waals surface area contributed by atoms with Crippen LogP contribution in [-0.2, 0) is 4.79 Å². The van der Waals surface area contributed by atoms with Gasteiger partial charge in [-0.25, -0.2) is 9.37 Å². The van der Waals surface area contributed by atoms with Crippen LogP contribution in [0, 0.1) is 5.82 Å². The van der Waals surface area contributed by atoms with Crippen molar-refractivity contribution in [2.24, 2.45) is 0 Å². The number of hydrogen-bond acceptors (Lipinski definition) is 2. The van der Waals surface area contributed by atoms with E-state index in [0.29, 0.717) is 11.4 Å². The maximum Gasteiger partial charge on any atom is 0.244 e. The number of carbonyl (C=O) groups is 1. The molecule has 20 heavy (non-hydrogen) atoms. The first-order valence-electron chi connectivity index (χ1n) is 5.99. The number of amides is 1. The minimum absolute atomic E-state index is 0.0245. The fourth-order valence-corrected chi connectivity index (χ4v) is 1.82. The summed E-state index contributed by atoms with van der Waals surface area (Å²) in [5.74, 6) is -0.0781. The molecule has 0 fully saturated rings. The Balaban J connectivity index is 1.97. The summed E-state index contributed by atoms with van der Waals surface area (Å²) in [4.78, 5) is 18.7. The summed E-state index contributed by atoms with van der Waals surface area (Å²) in [6.45, 7) is 1.82. The van der Waals surface area contributed by atoms with Gasteiger partial charge in [0.2, 0.25) is 5.91 Å². The van der Waals surface area contributed by atoms with Crippen molar-refractivity contribution in [1.82, 2.24) is 15.3 Å². The third-order valence-corrected chi connectivity index (χ3v) is 2.95. The summed E-state index contributed by atoms with van der Waals surface area (Å²) in [5.41, 5.74) is 0.650. The van der Waals surface area contributed by atoms with Crippen molar-refractivity contribution in [2.45, 2.75) is 13.0 Å². The number of imidazole rings is 1. The van der Waals surface area contributed by atoms with E-state index in [2.05, 4.69) is 15.3 Å². The van der Waals surface area contributed by atoms with Crippen LogP contribution in [0.15, 0.2) is 36.7 Å². The third kappa shape index (κ3) is 3.68. The van der Waals surface area contributed by atoms with Gasteiger partial charge < -0.3 is 10.3 Å². The zero-order chi connectivity index (χ0) is 14.5. The quantitative estimate of drug-likeness (QED) is 0.851. The fourth-order valence-electron chi connectivity index (χ4n) is 1.63. The highest BCUT2D eigenvalue weighted by molar-refractivity contribution is 6.30. The maximum atomic E-state index is 13.0. The molecule has 1 amide bonds. The van der Waals surface area contributed by atoms with Gasteiger partial charge in [0.15, 0.2) is 0 Å². The molecule has 0 aliphatic heterocycles. The largest absolute Gasteiger partial charge is 0.347 e. The van der Waals surface area contributed by atoms with E-state index in [1.807, 2.05) is 6.92 Å². The molecule has 0 aliphatic rings. The van der Waals surface area contributed by atoms with Crippen molar-refractivity contribution >= 4 is 23.6 Å². The molecule has 0 aliphatic carbocycles. The summed E-state index contributed by atoms with van der Waals surface area (Å²) < 4.78 is 13.0.